The van der Waals surface area contributed by atoms with Gasteiger partial charge in [0.05, 0.1) is 18.0 Å². The molecule has 9 heteroatoms. The summed E-state index contributed by atoms with van der Waals surface area (Å²) in [4.78, 5) is 26.2. The molecule has 168 valence electrons. The lowest BCUT2D eigenvalue weighted by atomic mass is 9.93. The molecule has 0 radical (unpaired) electrons. The van der Waals surface area contributed by atoms with Gasteiger partial charge in [-0.3, -0.25) is 9.69 Å². The second kappa shape index (κ2) is 7.34. The molecule has 1 amide bonds. The van der Waals surface area contributed by atoms with E-state index in [1.807, 2.05) is 0 Å². The molecule has 7 nitrogen and oxygen atoms in total. The Hall–Kier alpha value is -1.48. The number of rotatable bonds is 3. The summed E-state index contributed by atoms with van der Waals surface area (Å²) < 4.78 is 40.4. The summed E-state index contributed by atoms with van der Waals surface area (Å²) >= 11 is 0. The van der Waals surface area contributed by atoms with Crippen molar-refractivity contribution >= 4 is 12.1 Å². The van der Waals surface area contributed by atoms with Crippen LogP contribution in [0.5, 0.6) is 0 Å². The van der Waals surface area contributed by atoms with E-state index in [1.165, 1.54) is 5.01 Å². The number of esters is 1. The van der Waals surface area contributed by atoms with Crippen LogP contribution in [-0.4, -0.2) is 82.9 Å². The van der Waals surface area contributed by atoms with Gasteiger partial charge in [0.1, 0.15) is 17.2 Å². The molecule has 0 saturated carbocycles. The Morgan fingerprint density at radius 2 is 1.52 bits per heavy atom. The first-order valence-electron chi connectivity index (χ1n) is 9.93. The van der Waals surface area contributed by atoms with Crippen LogP contribution in [0.2, 0.25) is 0 Å². The molecule has 29 heavy (non-hydrogen) atoms. The average Bonchev–Trinajstić information content (AvgIpc) is 2.91. The summed E-state index contributed by atoms with van der Waals surface area (Å²) in [5.41, 5.74) is -2.32. The fraction of sp³-hybridized carbons (Fsp3) is 0.900. The highest BCUT2D eigenvalue weighted by Crippen LogP contribution is 2.42. The maximum Gasteiger partial charge on any atom is 0.410 e. The summed E-state index contributed by atoms with van der Waals surface area (Å²) in [5.74, 6) is -3.48. The minimum absolute atomic E-state index is 0.197. The lowest BCUT2D eigenvalue weighted by molar-refractivity contribution is -0.170. The molecular formula is C20H35F2N3O4. The van der Waals surface area contributed by atoms with E-state index in [-0.39, 0.29) is 13.1 Å². The summed E-state index contributed by atoms with van der Waals surface area (Å²) in [6, 6.07) is -1.89. The van der Waals surface area contributed by atoms with Crippen LogP contribution in [0.3, 0.4) is 0 Å². The zero-order valence-corrected chi connectivity index (χ0v) is 19.0. The van der Waals surface area contributed by atoms with Gasteiger partial charge in [0.15, 0.2) is 0 Å². The van der Waals surface area contributed by atoms with Crippen molar-refractivity contribution in [3.8, 4) is 0 Å². The number of hydrogen-bond acceptors (Lipinski definition) is 6. The van der Waals surface area contributed by atoms with E-state index in [0.717, 1.165) is 4.90 Å². The van der Waals surface area contributed by atoms with Gasteiger partial charge in [-0.15, -0.1) is 0 Å². The van der Waals surface area contributed by atoms with Crippen molar-refractivity contribution in [3.63, 3.8) is 0 Å². The number of ether oxygens (including phenoxy) is 2. The van der Waals surface area contributed by atoms with Gasteiger partial charge < -0.3 is 9.47 Å². The third kappa shape index (κ3) is 5.36. The Kier molecular flexibility index (Phi) is 6.02. The van der Waals surface area contributed by atoms with E-state index >= 15 is 0 Å². The van der Waals surface area contributed by atoms with Crippen molar-refractivity contribution in [1.29, 1.82) is 0 Å². The Labute approximate surface area is 172 Å². The van der Waals surface area contributed by atoms with Gasteiger partial charge >= 0.3 is 12.1 Å². The van der Waals surface area contributed by atoms with Gasteiger partial charge in [0.25, 0.3) is 5.92 Å². The number of halogens is 2. The largest absolute Gasteiger partial charge is 0.460 e. The van der Waals surface area contributed by atoms with Crippen molar-refractivity contribution in [3.05, 3.63) is 0 Å². The first kappa shape index (κ1) is 23.8. The van der Waals surface area contributed by atoms with Crippen LogP contribution in [0.1, 0.15) is 55.4 Å². The zero-order chi connectivity index (χ0) is 22.6. The van der Waals surface area contributed by atoms with Gasteiger partial charge in [-0.1, -0.05) is 0 Å². The number of hydrazine groups is 1. The van der Waals surface area contributed by atoms with Gasteiger partial charge in [0, 0.05) is 20.1 Å². The third-order valence-corrected chi connectivity index (χ3v) is 4.98. The summed E-state index contributed by atoms with van der Waals surface area (Å²) in [6.07, 6.45) is -0.744. The Morgan fingerprint density at radius 1 is 1.00 bits per heavy atom. The van der Waals surface area contributed by atoms with E-state index < -0.39 is 53.2 Å². The number of amides is 1. The van der Waals surface area contributed by atoms with Crippen LogP contribution in [0.4, 0.5) is 13.6 Å². The van der Waals surface area contributed by atoms with Crippen LogP contribution in [0, 0.1) is 5.41 Å². The Morgan fingerprint density at radius 3 is 2.00 bits per heavy atom. The van der Waals surface area contributed by atoms with E-state index in [0.29, 0.717) is 0 Å². The number of likely N-dealkylation sites (tertiary alicyclic amines) is 1. The average molecular weight is 420 g/mol. The predicted molar refractivity (Wildman–Crippen MR) is 104 cm³/mol. The molecule has 2 rings (SSSR count). The third-order valence-electron chi connectivity index (χ3n) is 4.98. The number of fused-ring (bicyclic) bond motifs is 1. The normalized spacial score (nSPS) is 25.8. The predicted octanol–water partition coefficient (Wildman–Crippen LogP) is 3.14. The van der Waals surface area contributed by atoms with Crippen molar-refractivity contribution in [2.45, 2.75) is 84.6 Å². The molecule has 0 spiro atoms. The van der Waals surface area contributed by atoms with Gasteiger partial charge in [-0.25, -0.2) is 23.6 Å². The van der Waals surface area contributed by atoms with E-state index in [4.69, 9.17) is 9.47 Å². The standard InChI is InChI=1S/C20H35F2N3O4/c1-17(2,3)28-15(26)19(7,8)11-24-10-13-14(23(24)9)20(21,22)12-25(13)16(27)29-18(4,5)6/h13-14H,10-12H2,1-9H3/t13-,14+/m0/s1. The highest BCUT2D eigenvalue weighted by molar-refractivity contribution is 5.76. The zero-order valence-electron chi connectivity index (χ0n) is 19.0. The van der Waals surface area contributed by atoms with Crippen molar-refractivity contribution < 1.29 is 27.8 Å². The first-order chi connectivity index (χ1) is 12.8. The summed E-state index contributed by atoms with van der Waals surface area (Å²) in [7, 11) is 1.57. The van der Waals surface area contributed by atoms with E-state index in [9.17, 15) is 18.4 Å². The van der Waals surface area contributed by atoms with Crippen LogP contribution in [0.15, 0.2) is 0 Å². The molecule has 2 fully saturated rings. The smallest absolute Gasteiger partial charge is 0.410 e. The van der Waals surface area contributed by atoms with Crippen molar-refractivity contribution in [1.82, 2.24) is 14.9 Å². The van der Waals surface area contributed by atoms with E-state index in [2.05, 4.69) is 0 Å². The van der Waals surface area contributed by atoms with Crippen LogP contribution < -0.4 is 0 Å². The first-order valence-corrected chi connectivity index (χ1v) is 9.93. The van der Waals surface area contributed by atoms with Crippen LogP contribution in [0.25, 0.3) is 0 Å². The van der Waals surface area contributed by atoms with Gasteiger partial charge in [-0.2, -0.15) is 0 Å². The monoisotopic (exact) mass is 419 g/mol. The molecule has 0 aromatic heterocycles. The number of carbonyl (C=O) groups is 2. The topological polar surface area (TPSA) is 62.3 Å². The fourth-order valence-electron chi connectivity index (χ4n) is 3.76. The van der Waals surface area contributed by atoms with Crippen molar-refractivity contribution in [2.24, 2.45) is 5.41 Å². The molecule has 2 saturated heterocycles. The highest BCUT2D eigenvalue weighted by atomic mass is 19.3. The quantitative estimate of drug-likeness (QED) is 0.655. The molecule has 0 bridgehead atoms. The SMILES string of the molecule is CN1[C@@H]2[C@H](CN1CC(C)(C)C(=O)OC(C)(C)C)N(C(=O)OC(C)(C)C)CC2(F)F. The molecular weight excluding hydrogens is 384 g/mol. The molecule has 2 aliphatic heterocycles. The number of carbonyl (C=O) groups excluding carboxylic acids is 2. The maximum atomic E-state index is 14.8. The fourth-order valence-corrected chi connectivity index (χ4v) is 3.76. The molecule has 0 aromatic carbocycles. The number of alkyl halides is 2. The molecule has 0 aromatic rings. The van der Waals surface area contributed by atoms with Gasteiger partial charge in [0.2, 0.25) is 0 Å². The van der Waals surface area contributed by atoms with Crippen LogP contribution in [-0.2, 0) is 14.3 Å². The Bertz CT molecular complexity index is 655. The summed E-state index contributed by atoms with van der Waals surface area (Å²) in [6.45, 7) is 13.6. The Balaban J connectivity index is 2.17. The molecule has 2 atom stereocenters. The molecule has 2 aliphatic rings. The molecule has 0 N–H and O–H groups in total. The highest BCUT2D eigenvalue weighted by Gasteiger charge is 2.63. The molecule has 2 heterocycles. The number of hydrogen-bond donors (Lipinski definition) is 0. The number of nitrogens with zero attached hydrogens (tertiary/aromatic N) is 3. The lowest BCUT2D eigenvalue weighted by Gasteiger charge is -2.36. The molecule has 0 unspecified atom stereocenters. The van der Waals surface area contributed by atoms with E-state index in [1.54, 1.807) is 67.4 Å². The van der Waals surface area contributed by atoms with Gasteiger partial charge in [-0.05, 0) is 55.4 Å². The van der Waals surface area contributed by atoms with Crippen molar-refractivity contribution in [2.75, 3.05) is 26.7 Å². The summed E-state index contributed by atoms with van der Waals surface area (Å²) in [5, 5.41) is 3.16. The van der Waals surface area contributed by atoms with Crippen LogP contribution >= 0.6 is 0 Å². The number of likely N-dealkylation sites (N-methyl/N-ethyl adjacent to an activating group) is 1. The lowest BCUT2D eigenvalue weighted by Crippen LogP contribution is -2.51. The minimum Gasteiger partial charge on any atom is -0.460 e. The minimum atomic E-state index is -3.08. The molecule has 0 aliphatic carbocycles. The second-order valence-electron chi connectivity index (χ2n) is 10.7. The second-order valence-corrected chi connectivity index (χ2v) is 10.7. The maximum absolute atomic E-state index is 14.8.